The summed E-state index contributed by atoms with van der Waals surface area (Å²) in [5.74, 6) is 0. The molecule has 0 radical (unpaired) electrons. The number of likely N-dealkylation sites (N-methyl/N-ethyl adjacent to an activating group) is 1. The second-order valence-electron chi connectivity index (χ2n) is 7.09. The molecule has 2 aromatic rings. The maximum absolute atomic E-state index is 2.59. The van der Waals surface area contributed by atoms with Gasteiger partial charge in [0.05, 0.1) is 0 Å². The third kappa shape index (κ3) is 3.11. The second kappa shape index (κ2) is 6.33. The Hall–Kier alpha value is -1.86. The van der Waals surface area contributed by atoms with E-state index >= 15 is 0 Å². The highest BCUT2D eigenvalue weighted by Gasteiger charge is 2.30. The maximum Gasteiger partial charge on any atom is 0.0280 e. The van der Waals surface area contributed by atoms with Crippen LogP contribution >= 0.6 is 0 Å². The van der Waals surface area contributed by atoms with Crippen LogP contribution in [0.1, 0.15) is 31.2 Å². The van der Waals surface area contributed by atoms with Gasteiger partial charge < -0.3 is 0 Å². The highest BCUT2D eigenvalue weighted by molar-refractivity contribution is 5.63. The number of hydrogen-bond donors (Lipinski definition) is 0. The summed E-state index contributed by atoms with van der Waals surface area (Å²) < 4.78 is 0. The Morgan fingerprint density at radius 1 is 0.913 bits per heavy atom. The molecule has 2 aliphatic heterocycles. The number of hydrogen-bond acceptors (Lipinski definition) is 1. The summed E-state index contributed by atoms with van der Waals surface area (Å²) in [5.41, 5.74) is 5.69. The summed E-state index contributed by atoms with van der Waals surface area (Å²) in [6, 6.07) is 21.2. The van der Waals surface area contributed by atoms with Crippen LogP contribution in [0.5, 0.6) is 0 Å². The van der Waals surface area contributed by atoms with Crippen molar-refractivity contribution in [3.8, 4) is 11.1 Å². The monoisotopic (exact) mass is 303 g/mol. The fourth-order valence-electron chi connectivity index (χ4n) is 4.17. The third-order valence-electron chi connectivity index (χ3n) is 5.55. The molecule has 2 atom stereocenters. The smallest absolute Gasteiger partial charge is 0.0280 e. The van der Waals surface area contributed by atoms with E-state index < -0.39 is 0 Å². The Morgan fingerprint density at radius 2 is 1.65 bits per heavy atom. The molecule has 2 aliphatic rings. The van der Waals surface area contributed by atoms with E-state index in [1.165, 1.54) is 42.4 Å². The minimum absolute atomic E-state index is 0.682. The highest BCUT2D eigenvalue weighted by Crippen LogP contribution is 2.33. The predicted molar refractivity (Wildman–Crippen MR) is 97.5 cm³/mol. The number of fused-ring (bicyclic) bond motifs is 2. The molecule has 0 amide bonds. The summed E-state index contributed by atoms with van der Waals surface area (Å²) in [7, 11) is 2.30. The van der Waals surface area contributed by atoms with Crippen molar-refractivity contribution in [2.24, 2.45) is 0 Å². The topological polar surface area (TPSA) is 3.24 Å². The molecule has 2 unspecified atom stereocenters. The standard InChI is InChI=1S/C22H25N/c1-23-21-8-5-9-22(23)16-18(15-21)14-17-10-12-20(13-11-17)19-6-3-2-4-7-19/h2-4,6-7,10-13,15,21-22H,5,8-9,14,16H2,1H3. The van der Waals surface area contributed by atoms with Crippen LogP contribution in [0.25, 0.3) is 11.1 Å². The Morgan fingerprint density at radius 3 is 2.39 bits per heavy atom. The summed E-state index contributed by atoms with van der Waals surface area (Å²) in [4.78, 5) is 2.59. The van der Waals surface area contributed by atoms with Crippen molar-refractivity contribution in [2.45, 2.75) is 44.2 Å². The molecule has 1 saturated heterocycles. The highest BCUT2D eigenvalue weighted by atomic mass is 15.2. The zero-order valence-electron chi connectivity index (χ0n) is 13.9. The summed E-state index contributed by atoms with van der Waals surface area (Å²) in [6.07, 6.45) is 9.03. The van der Waals surface area contributed by atoms with Gasteiger partial charge in [-0.3, -0.25) is 4.90 Å². The van der Waals surface area contributed by atoms with E-state index in [4.69, 9.17) is 0 Å². The minimum Gasteiger partial charge on any atom is -0.297 e. The first kappa shape index (κ1) is 14.7. The summed E-state index contributed by atoms with van der Waals surface area (Å²) in [6.45, 7) is 0. The van der Waals surface area contributed by atoms with Gasteiger partial charge in [0.1, 0.15) is 0 Å². The third-order valence-corrected chi connectivity index (χ3v) is 5.55. The van der Waals surface area contributed by atoms with Crippen LogP contribution in [0.2, 0.25) is 0 Å². The molecule has 0 saturated carbocycles. The number of piperidine rings is 1. The summed E-state index contributed by atoms with van der Waals surface area (Å²) in [5, 5.41) is 0. The fraction of sp³-hybridized carbons (Fsp3) is 0.364. The van der Waals surface area contributed by atoms with Crippen LogP contribution < -0.4 is 0 Å². The number of rotatable bonds is 3. The van der Waals surface area contributed by atoms with Gasteiger partial charge in [-0.25, -0.2) is 0 Å². The lowest BCUT2D eigenvalue weighted by Crippen LogP contribution is -2.46. The van der Waals surface area contributed by atoms with Gasteiger partial charge in [0.25, 0.3) is 0 Å². The SMILES string of the molecule is CN1C2C=C(Cc3ccc(-c4ccccc4)cc3)CC1CCC2. The van der Waals surface area contributed by atoms with Crippen molar-refractivity contribution >= 4 is 0 Å². The van der Waals surface area contributed by atoms with Crippen LogP contribution in [-0.4, -0.2) is 24.0 Å². The summed E-state index contributed by atoms with van der Waals surface area (Å²) >= 11 is 0. The zero-order valence-corrected chi connectivity index (χ0v) is 13.9. The Balaban J connectivity index is 1.49. The van der Waals surface area contributed by atoms with Crippen molar-refractivity contribution < 1.29 is 0 Å². The lowest BCUT2D eigenvalue weighted by Gasteiger charge is -2.42. The molecule has 4 rings (SSSR count). The number of benzene rings is 2. The Bertz CT molecular complexity index is 684. The van der Waals surface area contributed by atoms with Crippen molar-refractivity contribution in [3.63, 3.8) is 0 Å². The van der Waals surface area contributed by atoms with Gasteiger partial charge in [-0.05, 0) is 49.4 Å². The molecular formula is C22H25N. The van der Waals surface area contributed by atoms with Crippen LogP contribution in [-0.2, 0) is 6.42 Å². The zero-order chi connectivity index (χ0) is 15.6. The van der Waals surface area contributed by atoms with Crippen LogP contribution in [0.3, 0.4) is 0 Å². The van der Waals surface area contributed by atoms with E-state index in [0.717, 1.165) is 12.5 Å². The molecule has 1 fully saturated rings. The van der Waals surface area contributed by atoms with Crippen molar-refractivity contribution in [3.05, 3.63) is 71.8 Å². The van der Waals surface area contributed by atoms with Gasteiger partial charge in [-0.1, -0.05) is 72.7 Å². The molecule has 23 heavy (non-hydrogen) atoms. The van der Waals surface area contributed by atoms with E-state index in [2.05, 4.69) is 72.6 Å². The first-order valence-corrected chi connectivity index (χ1v) is 8.85. The van der Waals surface area contributed by atoms with E-state index in [1.54, 1.807) is 5.57 Å². The molecule has 2 aromatic carbocycles. The quantitative estimate of drug-likeness (QED) is 0.715. The van der Waals surface area contributed by atoms with E-state index in [9.17, 15) is 0 Å². The first-order valence-electron chi connectivity index (χ1n) is 8.85. The molecule has 0 spiro atoms. The lowest BCUT2D eigenvalue weighted by atomic mass is 9.83. The predicted octanol–water partition coefficient (Wildman–Crippen LogP) is 5.08. The average molecular weight is 303 g/mol. The second-order valence-corrected chi connectivity index (χ2v) is 7.09. The molecule has 0 aliphatic carbocycles. The lowest BCUT2D eigenvalue weighted by molar-refractivity contribution is 0.129. The van der Waals surface area contributed by atoms with Gasteiger partial charge in [-0.15, -0.1) is 0 Å². The Kier molecular flexibility index (Phi) is 4.05. The van der Waals surface area contributed by atoms with E-state index in [-0.39, 0.29) is 0 Å². The van der Waals surface area contributed by atoms with E-state index in [1.807, 2.05) is 0 Å². The Labute approximate surface area is 139 Å². The number of nitrogens with zero attached hydrogens (tertiary/aromatic N) is 1. The van der Waals surface area contributed by atoms with Crippen molar-refractivity contribution in [2.75, 3.05) is 7.05 Å². The minimum atomic E-state index is 0.682. The van der Waals surface area contributed by atoms with Gasteiger partial charge in [0.2, 0.25) is 0 Å². The van der Waals surface area contributed by atoms with Crippen LogP contribution in [0.15, 0.2) is 66.2 Å². The van der Waals surface area contributed by atoms with Crippen molar-refractivity contribution in [1.82, 2.24) is 4.90 Å². The molecule has 2 heterocycles. The van der Waals surface area contributed by atoms with Crippen LogP contribution in [0, 0.1) is 0 Å². The van der Waals surface area contributed by atoms with Gasteiger partial charge >= 0.3 is 0 Å². The van der Waals surface area contributed by atoms with E-state index in [0.29, 0.717) is 6.04 Å². The molecule has 1 nitrogen and oxygen atoms in total. The van der Waals surface area contributed by atoms with Gasteiger partial charge in [0, 0.05) is 12.1 Å². The molecule has 1 heteroatoms. The first-order chi connectivity index (χ1) is 11.3. The van der Waals surface area contributed by atoms with Gasteiger partial charge in [0.15, 0.2) is 0 Å². The molecule has 0 aromatic heterocycles. The normalized spacial score (nSPS) is 24.3. The molecule has 2 bridgehead atoms. The largest absolute Gasteiger partial charge is 0.297 e. The molecule has 0 N–H and O–H groups in total. The van der Waals surface area contributed by atoms with Crippen LogP contribution in [0.4, 0.5) is 0 Å². The maximum atomic E-state index is 2.59. The fourth-order valence-corrected chi connectivity index (χ4v) is 4.17. The molecular weight excluding hydrogens is 278 g/mol. The molecule has 118 valence electrons. The van der Waals surface area contributed by atoms with Gasteiger partial charge in [-0.2, -0.15) is 0 Å². The van der Waals surface area contributed by atoms with Crippen molar-refractivity contribution in [1.29, 1.82) is 0 Å². The average Bonchev–Trinajstić information content (AvgIpc) is 2.57.